The van der Waals surface area contributed by atoms with Gasteiger partial charge in [-0.05, 0) is 48.8 Å². The molecule has 2 heteroatoms. The van der Waals surface area contributed by atoms with E-state index in [9.17, 15) is 4.79 Å². The molecular weight excluding hydrogens is 232 g/mol. The first-order valence-electron chi connectivity index (χ1n) is 6.43. The Morgan fingerprint density at radius 1 is 1.29 bits per heavy atom. The van der Waals surface area contributed by atoms with Crippen molar-refractivity contribution in [3.63, 3.8) is 0 Å². The molecule has 90 valence electrons. The third kappa shape index (κ3) is 1.63. The Bertz CT molecular complexity index is 450. The Labute approximate surface area is 107 Å². The van der Waals surface area contributed by atoms with Crippen LogP contribution in [-0.2, 0) is 4.79 Å². The van der Waals surface area contributed by atoms with Crippen LogP contribution in [0.1, 0.15) is 44.1 Å². The van der Waals surface area contributed by atoms with E-state index >= 15 is 0 Å². The molecule has 0 radical (unpaired) electrons. The van der Waals surface area contributed by atoms with Crippen molar-refractivity contribution in [1.82, 2.24) is 0 Å². The molecule has 1 aromatic rings. The summed E-state index contributed by atoms with van der Waals surface area (Å²) < 4.78 is 0. The molecule has 0 heterocycles. The highest BCUT2D eigenvalue weighted by Gasteiger charge is 2.63. The Morgan fingerprint density at radius 3 is 2.65 bits per heavy atom. The van der Waals surface area contributed by atoms with Crippen molar-refractivity contribution >= 4 is 17.4 Å². The topological polar surface area (TPSA) is 17.1 Å². The molecule has 1 nitrogen and oxygen atoms in total. The molecule has 0 N–H and O–H groups in total. The molecule has 2 aliphatic rings. The lowest BCUT2D eigenvalue weighted by atomic mass is 9.74. The number of Topliss-reactive ketones (excluding diaryl/α,β-unsaturated/α-hetero) is 1. The molecule has 0 saturated heterocycles. The molecular formula is C15H17ClO. The fraction of sp³-hybridized carbons (Fsp3) is 0.533. The van der Waals surface area contributed by atoms with E-state index in [1.165, 1.54) is 12.0 Å². The Kier molecular flexibility index (Phi) is 2.55. The quantitative estimate of drug-likeness (QED) is 0.728. The first-order chi connectivity index (χ1) is 8.14. The van der Waals surface area contributed by atoms with Crippen molar-refractivity contribution in [1.29, 1.82) is 0 Å². The summed E-state index contributed by atoms with van der Waals surface area (Å²) in [5, 5.41) is 0.770. The number of rotatable bonds is 1. The maximum Gasteiger partial charge on any atom is 0.139 e. The zero-order chi connectivity index (χ0) is 12.0. The average Bonchev–Trinajstić information content (AvgIpc) is 3.04. The molecule has 0 aromatic heterocycles. The Morgan fingerprint density at radius 2 is 2.00 bits per heavy atom. The zero-order valence-corrected chi connectivity index (χ0v) is 10.8. The Balaban J connectivity index is 1.88. The molecule has 3 rings (SSSR count). The summed E-state index contributed by atoms with van der Waals surface area (Å²) >= 11 is 5.90. The first kappa shape index (κ1) is 11.3. The number of carbonyl (C=O) groups is 1. The van der Waals surface area contributed by atoms with Gasteiger partial charge in [0.05, 0.1) is 0 Å². The van der Waals surface area contributed by atoms with Crippen molar-refractivity contribution < 1.29 is 4.79 Å². The SMILES string of the molecule is C[C@H]1CCCC(=O)[C@@]12C[C@@H]2c1ccc(Cl)cc1. The van der Waals surface area contributed by atoms with E-state index in [0.29, 0.717) is 17.6 Å². The van der Waals surface area contributed by atoms with Gasteiger partial charge in [0.15, 0.2) is 0 Å². The second-order valence-corrected chi connectivity index (χ2v) is 6.00. The molecule has 1 spiro atoms. The molecule has 0 aliphatic heterocycles. The maximum absolute atomic E-state index is 12.2. The van der Waals surface area contributed by atoms with E-state index in [2.05, 4.69) is 19.1 Å². The van der Waals surface area contributed by atoms with Gasteiger partial charge in [0.2, 0.25) is 0 Å². The normalized spacial score (nSPS) is 36.2. The van der Waals surface area contributed by atoms with Gasteiger partial charge in [0, 0.05) is 16.9 Å². The smallest absolute Gasteiger partial charge is 0.139 e. The van der Waals surface area contributed by atoms with E-state index in [-0.39, 0.29) is 5.41 Å². The Hall–Kier alpha value is -0.820. The van der Waals surface area contributed by atoms with Crippen LogP contribution in [0, 0.1) is 11.3 Å². The summed E-state index contributed by atoms with van der Waals surface area (Å²) in [5.74, 6) is 1.49. The maximum atomic E-state index is 12.2. The highest BCUT2D eigenvalue weighted by molar-refractivity contribution is 6.30. The average molecular weight is 249 g/mol. The summed E-state index contributed by atoms with van der Waals surface area (Å²) in [7, 11) is 0. The van der Waals surface area contributed by atoms with Crippen LogP contribution in [0.4, 0.5) is 0 Å². The highest BCUT2D eigenvalue weighted by Crippen LogP contribution is 2.67. The minimum atomic E-state index is -0.0217. The predicted octanol–water partition coefficient (Wildman–Crippen LogP) is 4.20. The van der Waals surface area contributed by atoms with Crippen molar-refractivity contribution in [2.45, 2.75) is 38.5 Å². The van der Waals surface area contributed by atoms with E-state index in [0.717, 1.165) is 24.3 Å². The van der Waals surface area contributed by atoms with Crippen LogP contribution >= 0.6 is 11.6 Å². The lowest BCUT2D eigenvalue weighted by molar-refractivity contribution is -0.128. The lowest BCUT2D eigenvalue weighted by Crippen LogP contribution is -2.29. The number of carbonyl (C=O) groups excluding carboxylic acids is 1. The second kappa shape index (κ2) is 3.84. The predicted molar refractivity (Wildman–Crippen MR) is 69.3 cm³/mol. The minimum Gasteiger partial charge on any atom is -0.299 e. The van der Waals surface area contributed by atoms with E-state index in [1.54, 1.807) is 0 Å². The molecule has 0 unspecified atom stereocenters. The summed E-state index contributed by atoms with van der Waals surface area (Å²) in [6, 6.07) is 8.02. The summed E-state index contributed by atoms with van der Waals surface area (Å²) in [4.78, 5) is 12.2. The van der Waals surface area contributed by atoms with Gasteiger partial charge in [0.1, 0.15) is 5.78 Å². The van der Waals surface area contributed by atoms with Crippen LogP contribution in [0.15, 0.2) is 24.3 Å². The van der Waals surface area contributed by atoms with Crippen LogP contribution in [0.2, 0.25) is 5.02 Å². The van der Waals surface area contributed by atoms with Crippen LogP contribution in [0.3, 0.4) is 0 Å². The van der Waals surface area contributed by atoms with Gasteiger partial charge in [-0.15, -0.1) is 0 Å². The fourth-order valence-electron chi connectivity index (χ4n) is 3.58. The largest absolute Gasteiger partial charge is 0.299 e. The van der Waals surface area contributed by atoms with Crippen molar-refractivity contribution in [2.75, 3.05) is 0 Å². The standard InChI is InChI=1S/C15H17ClO/c1-10-3-2-4-14(17)15(10)9-13(15)11-5-7-12(16)8-6-11/h5-8,10,13H,2-4,9H2,1H3/t10-,13+,15-/m0/s1. The first-order valence-corrected chi connectivity index (χ1v) is 6.81. The van der Waals surface area contributed by atoms with Crippen LogP contribution in [0.5, 0.6) is 0 Å². The van der Waals surface area contributed by atoms with Crippen molar-refractivity contribution in [3.05, 3.63) is 34.9 Å². The number of hydrogen-bond acceptors (Lipinski definition) is 1. The molecule has 0 amide bonds. The minimum absolute atomic E-state index is 0.0217. The monoisotopic (exact) mass is 248 g/mol. The lowest BCUT2D eigenvalue weighted by Gasteiger charge is -2.28. The van der Waals surface area contributed by atoms with Crippen LogP contribution < -0.4 is 0 Å². The van der Waals surface area contributed by atoms with Crippen molar-refractivity contribution in [3.8, 4) is 0 Å². The van der Waals surface area contributed by atoms with E-state index in [4.69, 9.17) is 11.6 Å². The number of benzene rings is 1. The van der Waals surface area contributed by atoms with Gasteiger partial charge >= 0.3 is 0 Å². The molecule has 1 aromatic carbocycles. The number of hydrogen-bond donors (Lipinski definition) is 0. The van der Waals surface area contributed by atoms with Gasteiger partial charge < -0.3 is 0 Å². The summed E-state index contributed by atoms with van der Waals surface area (Å²) in [6.07, 6.45) is 4.12. The van der Waals surface area contributed by atoms with Crippen LogP contribution in [0.25, 0.3) is 0 Å². The van der Waals surface area contributed by atoms with Gasteiger partial charge in [-0.3, -0.25) is 4.79 Å². The third-order valence-electron chi connectivity index (χ3n) is 4.72. The van der Waals surface area contributed by atoms with Gasteiger partial charge in [0.25, 0.3) is 0 Å². The molecule has 2 aliphatic carbocycles. The fourth-order valence-corrected chi connectivity index (χ4v) is 3.70. The van der Waals surface area contributed by atoms with E-state index < -0.39 is 0 Å². The second-order valence-electron chi connectivity index (χ2n) is 5.57. The number of ketones is 1. The summed E-state index contributed by atoms with van der Waals surface area (Å²) in [6.45, 7) is 2.24. The van der Waals surface area contributed by atoms with Crippen molar-refractivity contribution in [2.24, 2.45) is 11.3 Å². The van der Waals surface area contributed by atoms with Crippen LogP contribution in [-0.4, -0.2) is 5.78 Å². The number of halogens is 1. The molecule has 2 fully saturated rings. The summed E-state index contributed by atoms with van der Waals surface area (Å²) in [5.41, 5.74) is 1.27. The molecule has 2 saturated carbocycles. The van der Waals surface area contributed by atoms with Gasteiger partial charge in [-0.25, -0.2) is 0 Å². The highest BCUT2D eigenvalue weighted by atomic mass is 35.5. The third-order valence-corrected chi connectivity index (χ3v) is 4.97. The molecule has 0 bridgehead atoms. The molecule has 17 heavy (non-hydrogen) atoms. The zero-order valence-electron chi connectivity index (χ0n) is 10.1. The molecule has 3 atom stereocenters. The van der Waals surface area contributed by atoms with Gasteiger partial charge in [-0.2, -0.15) is 0 Å². The van der Waals surface area contributed by atoms with Gasteiger partial charge in [-0.1, -0.05) is 30.7 Å². The van der Waals surface area contributed by atoms with E-state index in [1.807, 2.05) is 12.1 Å².